The quantitative estimate of drug-likeness (QED) is 0.626. The van der Waals surface area contributed by atoms with Gasteiger partial charge in [-0.1, -0.05) is 12.1 Å². The first kappa shape index (κ1) is 11.2. The molecule has 0 unspecified atom stereocenters. The Kier molecular flexibility index (Phi) is 3.69. The summed E-state index contributed by atoms with van der Waals surface area (Å²) >= 11 is 1.13. The number of hydrogen-bond acceptors (Lipinski definition) is 2. The Hall–Kier alpha value is -0.840. The summed E-state index contributed by atoms with van der Waals surface area (Å²) in [4.78, 5) is 0.705. The highest BCUT2D eigenvalue weighted by Gasteiger charge is 2.26. The van der Waals surface area contributed by atoms with Crippen LogP contribution in [0.2, 0.25) is 0 Å². The standard InChI is InChI=1S/C9H10F3NS/c10-9(11,12)5-6-14-8-4-2-1-3-7(8)13/h1-4H,5-6,13H2. The predicted molar refractivity (Wildman–Crippen MR) is 52.3 cm³/mol. The first-order chi connectivity index (χ1) is 6.49. The third kappa shape index (κ3) is 3.91. The fraction of sp³-hybridized carbons (Fsp3) is 0.333. The van der Waals surface area contributed by atoms with E-state index in [1.165, 1.54) is 0 Å². The van der Waals surface area contributed by atoms with Gasteiger partial charge in [0.15, 0.2) is 0 Å². The molecule has 0 fully saturated rings. The van der Waals surface area contributed by atoms with Crippen molar-refractivity contribution in [2.45, 2.75) is 17.5 Å². The van der Waals surface area contributed by atoms with Crippen molar-refractivity contribution in [1.29, 1.82) is 0 Å². The van der Waals surface area contributed by atoms with Gasteiger partial charge in [-0.2, -0.15) is 13.2 Å². The van der Waals surface area contributed by atoms with Crippen LogP contribution in [0.4, 0.5) is 18.9 Å². The maximum atomic E-state index is 11.8. The Morgan fingerprint density at radius 3 is 2.43 bits per heavy atom. The number of anilines is 1. The van der Waals surface area contributed by atoms with Crippen LogP contribution in [-0.4, -0.2) is 11.9 Å². The summed E-state index contributed by atoms with van der Waals surface area (Å²) in [7, 11) is 0. The van der Waals surface area contributed by atoms with Crippen LogP contribution in [0, 0.1) is 0 Å². The summed E-state index contributed by atoms with van der Waals surface area (Å²) < 4.78 is 35.4. The number of hydrogen-bond donors (Lipinski definition) is 1. The van der Waals surface area contributed by atoms with E-state index in [1.54, 1.807) is 24.3 Å². The average molecular weight is 221 g/mol. The van der Waals surface area contributed by atoms with Gasteiger partial charge in [0.25, 0.3) is 0 Å². The van der Waals surface area contributed by atoms with Gasteiger partial charge in [0, 0.05) is 16.3 Å². The molecule has 0 spiro atoms. The summed E-state index contributed by atoms with van der Waals surface area (Å²) in [6.45, 7) is 0. The Morgan fingerprint density at radius 2 is 1.86 bits per heavy atom. The van der Waals surface area contributed by atoms with Crippen molar-refractivity contribution in [2.24, 2.45) is 0 Å². The number of nitrogens with two attached hydrogens (primary N) is 1. The number of rotatable bonds is 3. The zero-order valence-corrected chi connectivity index (χ0v) is 8.16. The number of thioether (sulfide) groups is 1. The van der Waals surface area contributed by atoms with Crippen LogP contribution in [0.5, 0.6) is 0 Å². The molecule has 1 rings (SSSR count). The molecule has 78 valence electrons. The molecule has 1 nitrogen and oxygen atoms in total. The first-order valence-electron chi connectivity index (χ1n) is 4.03. The van der Waals surface area contributed by atoms with Crippen LogP contribution in [-0.2, 0) is 0 Å². The number of nitrogen functional groups attached to an aromatic ring is 1. The van der Waals surface area contributed by atoms with Crippen LogP contribution in [0.1, 0.15) is 6.42 Å². The third-order valence-electron chi connectivity index (χ3n) is 1.56. The molecule has 1 aromatic rings. The molecule has 0 atom stereocenters. The zero-order chi connectivity index (χ0) is 10.6. The van der Waals surface area contributed by atoms with Gasteiger partial charge in [0.05, 0.1) is 6.42 Å². The van der Waals surface area contributed by atoms with Gasteiger partial charge in [-0.3, -0.25) is 0 Å². The van der Waals surface area contributed by atoms with Gasteiger partial charge in [0.1, 0.15) is 0 Å². The molecule has 0 aliphatic carbocycles. The second-order valence-electron chi connectivity index (χ2n) is 2.75. The summed E-state index contributed by atoms with van der Waals surface area (Å²) in [5.41, 5.74) is 6.10. The summed E-state index contributed by atoms with van der Waals surface area (Å²) in [5.74, 6) is 0.0116. The SMILES string of the molecule is Nc1ccccc1SCCC(F)(F)F. The van der Waals surface area contributed by atoms with Crippen molar-refractivity contribution in [3.05, 3.63) is 24.3 Å². The van der Waals surface area contributed by atoms with Crippen molar-refractivity contribution < 1.29 is 13.2 Å². The summed E-state index contributed by atoms with van der Waals surface area (Å²) in [6, 6.07) is 6.90. The van der Waals surface area contributed by atoms with Crippen molar-refractivity contribution in [1.82, 2.24) is 0 Å². The lowest BCUT2D eigenvalue weighted by molar-refractivity contribution is -0.129. The van der Waals surface area contributed by atoms with E-state index in [-0.39, 0.29) is 5.75 Å². The van der Waals surface area contributed by atoms with Crippen LogP contribution in [0.25, 0.3) is 0 Å². The van der Waals surface area contributed by atoms with E-state index in [4.69, 9.17) is 5.73 Å². The number of benzene rings is 1. The molecule has 0 amide bonds. The first-order valence-corrected chi connectivity index (χ1v) is 5.01. The lowest BCUT2D eigenvalue weighted by Gasteiger charge is -2.07. The molecular weight excluding hydrogens is 211 g/mol. The Bertz CT molecular complexity index is 298. The van der Waals surface area contributed by atoms with Crippen molar-refractivity contribution in [2.75, 3.05) is 11.5 Å². The molecule has 0 radical (unpaired) electrons. The normalized spacial score (nSPS) is 11.6. The van der Waals surface area contributed by atoms with E-state index in [2.05, 4.69) is 0 Å². The van der Waals surface area contributed by atoms with E-state index in [9.17, 15) is 13.2 Å². The summed E-state index contributed by atoms with van der Waals surface area (Å²) in [5, 5.41) is 0. The molecular formula is C9H10F3NS. The minimum atomic E-state index is -4.09. The van der Waals surface area contributed by atoms with Crippen LogP contribution in [0.3, 0.4) is 0 Å². The van der Waals surface area contributed by atoms with Gasteiger partial charge < -0.3 is 5.73 Å². The maximum absolute atomic E-state index is 11.8. The second-order valence-corrected chi connectivity index (χ2v) is 3.89. The predicted octanol–water partition coefficient (Wildman–Crippen LogP) is 3.31. The number of para-hydroxylation sites is 1. The van der Waals surface area contributed by atoms with Crippen LogP contribution in [0.15, 0.2) is 29.2 Å². The molecule has 1 aromatic carbocycles. The lowest BCUT2D eigenvalue weighted by Crippen LogP contribution is -2.08. The van der Waals surface area contributed by atoms with Gasteiger partial charge >= 0.3 is 6.18 Å². The Labute approximate surface area is 84.5 Å². The minimum Gasteiger partial charge on any atom is -0.398 e. The van der Waals surface area contributed by atoms with Crippen LogP contribution >= 0.6 is 11.8 Å². The number of alkyl halides is 3. The van der Waals surface area contributed by atoms with Gasteiger partial charge in [-0.15, -0.1) is 11.8 Å². The number of halogens is 3. The van der Waals surface area contributed by atoms with Crippen molar-refractivity contribution >= 4 is 17.4 Å². The fourth-order valence-electron chi connectivity index (χ4n) is 0.889. The average Bonchev–Trinajstić information content (AvgIpc) is 2.06. The molecule has 5 heteroatoms. The Morgan fingerprint density at radius 1 is 1.21 bits per heavy atom. The minimum absolute atomic E-state index is 0.0116. The van der Waals surface area contributed by atoms with E-state index < -0.39 is 12.6 Å². The zero-order valence-electron chi connectivity index (χ0n) is 7.34. The molecule has 0 aromatic heterocycles. The molecule has 2 N–H and O–H groups in total. The maximum Gasteiger partial charge on any atom is 0.389 e. The van der Waals surface area contributed by atoms with E-state index >= 15 is 0 Å². The van der Waals surface area contributed by atoms with Gasteiger partial charge in [-0.25, -0.2) is 0 Å². The van der Waals surface area contributed by atoms with E-state index in [0.29, 0.717) is 10.6 Å². The smallest absolute Gasteiger partial charge is 0.389 e. The van der Waals surface area contributed by atoms with E-state index in [0.717, 1.165) is 11.8 Å². The van der Waals surface area contributed by atoms with Gasteiger partial charge in [-0.05, 0) is 12.1 Å². The largest absolute Gasteiger partial charge is 0.398 e. The highest BCUT2D eigenvalue weighted by Crippen LogP contribution is 2.28. The molecule has 0 heterocycles. The molecule has 0 saturated heterocycles. The fourth-order valence-corrected chi connectivity index (χ4v) is 1.85. The molecule has 14 heavy (non-hydrogen) atoms. The monoisotopic (exact) mass is 221 g/mol. The molecule has 0 bridgehead atoms. The third-order valence-corrected chi connectivity index (χ3v) is 2.65. The molecule has 0 saturated carbocycles. The van der Waals surface area contributed by atoms with Gasteiger partial charge in [0.2, 0.25) is 0 Å². The van der Waals surface area contributed by atoms with Crippen LogP contribution < -0.4 is 5.73 Å². The second kappa shape index (κ2) is 4.59. The summed E-state index contributed by atoms with van der Waals surface area (Å²) in [6.07, 6.45) is -4.87. The highest BCUT2D eigenvalue weighted by molar-refractivity contribution is 7.99. The molecule has 0 aliphatic rings. The Balaban J connectivity index is 2.43. The molecule has 0 aliphatic heterocycles. The topological polar surface area (TPSA) is 26.0 Å². The van der Waals surface area contributed by atoms with Crippen molar-refractivity contribution in [3.8, 4) is 0 Å². The van der Waals surface area contributed by atoms with E-state index in [1.807, 2.05) is 0 Å². The van der Waals surface area contributed by atoms with Crippen molar-refractivity contribution in [3.63, 3.8) is 0 Å². The lowest BCUT2D eigenvalue weighted by atomic mass is 10.3. The highest BCUT2D eigenvalue weighted by atomic mass is 32.2.